The molecule has 2 aromatic rings. The van der Waals surface area contributed by atoms with Crippen molar-refractivity contribution in [2.75, 3.05) is 26.8 Å². The number of carbonyl (C=O) groups excluding carboxylic acids is 5. The summed E-state index contributed by atoms with van der Waals surface area (Å²) in [5.41, 5.74) is -2.07. The molecule has 0 saturated carbocycles. The SMILES string of the molecule is COc1cccc2[nH]c(C(=O)NCC(=O)NC(CC3CCCNC3=O)C(=O)COC(=O)C(C)(C)C(F)(F)F)cc12. The number of alkyl halides is 3. The quantitative estimate of drug-likeness (QED) is 0.302. The first-order chi connectivity index (χ1) is 18.7. The third-order valence-corrected chi connectivity index (χ3v) is 6.71. The number of esters is 1. The largest absolute Gasteiger partial charge is 0.496 e. The van der Waals surface area contributed by atoms with Gasteiger partial charge in [0, 0.05) is 23.4 Å². The fourth-order valence-corrected chi connectivity index (χ4v) is 4.08. The van der Waals surface area contributed by atoms with Crippen LogP contribution < -0.4 is 20.7 Å². The molecule has 0 spiro atoms. The molecule has 14 heteroatoms. The Hall–Kier alpha value is -4.10. The minimum absolute atomic E-state index is 0.151. The standard InChI is InChI=1S/C26H31F3N4O7/c1-25(2,26(27,28)29)24(38)40-13-19(34)17(10-14-6-5-9-30-22(14)36)33-21(35)12-31-23(37)18-11-15-16(32-18)7-4-8-20(15)39-3/h4,7-8,11,14,17,32H,5-6,9-10,12-13H2,1-3H3,(H,30,36)(H,31,37)(H,33,35). The second-order valence-corrected chi connectivity index (χ2v) is 9.94. The summed E-state index contributed by atoms with van der Waals surface area (Å²) in [6, 6.07) is 5.39. The summed E-state index contributed by atoms with van der Waals surface area (Å²) in [5.74, 6) is -4.41. The first-order valence-corrected chi connectivity index (χ1v) is 12.5. The van der Waals surface area contributed by atoms with Gasteiger partial charge in [-0.05, 0) is 51.3 Å². The molecule has 11 nitrogen and oxygen atoms in total. The zero-order valence-corrected chi connectivity index (χ0v) is 22.2. The van der Waals surface area contributed by atoms with Gasteiger partial charge in [0.25, 0.3) is 5.91 Å². The minimum Gasteiger partial charge on any atom is -0.496 e. The molecule has 0 aliphatic carbocycles. The van der Waals surface area contributed by atoms with Crippen molar-refractivity contribution in [3.05, 3.63) is 30.0 Å². The van der Waals surface area contributed by atoms with Crippen LogP contribution in [0.4, 0.5) is 13.2 Å². The van der Waals surface area contributed by atoms with Gasteiger partial charge in [-0.2, -0.15) is 13.2 Å². The molecule has 1 aromatic carbocycles. The topological polar surface area (TPSA) is 156 Å². The Morgan fingerprint density at radius 2 is 1.90 bits per heavy atom. The van der Waals surface area contributed by atoms with Crippen molar-refractivity contribution in [1.29, 1.82) is 0 Å². The van der Waals surface area contributed by atoms with Gasteiger partial charge in [0.05, 0.1) is 19.7 Å². The second-order valence-electron chi connectivity index (χ2n) is 9.94. The van der Waals surface area contributed by atoms with Crippen LogP contribution in [0.25, 0.3) is 10.9 Å². The van der Waals surface area contributed by atoms with Gasteiger partial charge in [0.1, 0.15) is 11.4 Å². The molecule has 218 valence electrons. The number of amides is 3. The fraction of sp³-hybridized carbons (Fsp3) is 0.500. The Bertz CT molecular complexity index is 1290. The maximum absolute atomic E-state index is 13.1. The molecule has 2 atom stereocenters. The smallest absolute Gasteiger partial charge is 0.404 e. The van der Waals surface area contributed by atoms with E-state index in [4.69, 9.17) is 4.74 Å². The number of hydrogen-bond donors (Lipinski definition) is 4. The molecular formula is C26H31F3N4O7. The number of aromatic amines is 1. The lowest BCUT2D eigenvalue weighted by atomic mass is 9.90. The highest BCUT2D eigenvalue weighted by atomic mass is 19.4. The average molecular weight is 569 g/mol. The van der Waals surface area contributed by atoms with E-state index in [0.29, 0.717) is 49.9 Å². The number of methoxy groups -OCH3 is 1. The molecule has 1 fully saturated rings. The molecule has 2 unspecified atom stereocenters. The molecule has 2 heterocycles. The van der Waals surface area contributed by atoms with Gasteiger partial charge >= 0.3 is 12.1 Å². The number of halogens is 3. The molecule has 1 aliphatic heterocycles. The van der Waals surface area contributed by atoms with E-state index in [-0.39, 0.29) is 18.0 Å². The van der Waals surface area contributed by atoms with E-state index in [1.807, 2.05) is 0 Å². The van der Waals surface area contributed by atoms with Crippen LogP contribution in [0, 0.1) is 11.3 Å². The molecule has 3 rings (SSSR count). The maximum atomic E-state index is 13.1. The molecule has 3 amide bonds. The molecule has 1 aliphatic rings. The summed E-state index contributed by atoms with van der Waals surface area (Å²) in [5, 5.41) is 8.12. The lowest BCUT2D eigenvalue weighted by Crippen LogP contribution is -2.50. The highest BCUT2D eigenvalue weighted by Gasteiger charge is 2.54. The van der Waals surface area contributed by atoms with E-state index >= 15 is 0 Å². The van der Waals surface area contributed by atoms with Crippen LogP contribution in [0.3, 0.4) is 0 Å². The van der Waals surface area contributed by atoms with Crippen LogP contribution in [-0.2, 0) is 23.9 Å². The van der Waals surface area contributed by atoms with Gasteiger partial charge in [-0.3, -0.25) is 24.0 Å². The molecule has 0 bridgehead atoms. The van der Waals surface area contributed by atoms with Gasteiger partial charge < -0.3 is 30.4 Å². The molecule has 1 aromatic heterocycles. The predicted molar refractivity (Wildman–Crippen MR) is 135 cm³/mol. The Morgan fingerprint density at radius 3 is 2.55 bits per heavy atom. The number of rotatable bonds is 11. The molecule has 4 N–H and O–H groups in total. The van der Waals surface area contributed by atoms with Gasteiger partial charge in [-0.25, -0.2) is 0 Å². The first kappa shape index (κ1) is 30.4. The fourth-order valence-electron chi connectivity index (χ4n) is 4.08. The van der Waals surface area contributed by atoms with Crippen LogP contribution in [0.15, 0.2) is 24.3 Å². The summed E-state index contributed by atoms with van der Waals surface area (Å²) in [7, 11) is 1.48. The second kappa shape index (κ2) is 12.4. The number of H-pyrrole nitrogens is 1. The van der Waals surface area contributed by atoms with Crippen molar-refractivity contribution in [1.82, 2.24) is 20.9 Å². The van der Waals surface area contributed by atoms with Crippen molar-refractivity contribution in [2.45, 2.75) is 45.3 Å². The number of benzene rings is 1. The van der Waals surface area contributed by atoms with E-state index in [0.717, 1.165) is 0 Å². The van der Waals surface area contributed by atoms with Crippen LogP contribution in [0.2, 0.25) is 0 Å². The number of ether oxygens (including phenoxy) is 2. The number of aromatic nitrogens is 1. The van der Waals surface area contributed by atoms with Crippen molar-refractivity contribution in [2.24, 2.45) is 11.3 Å². The van der Waals surface area contributed by atoms with Gasteiger partial charge in [-0.15, -0.1) is 0 Å². The van der Waals surface area contributed by atoms with Crippen LogP contribution in [0.1, 0.15) is 43.6 Å². The van der Waals surface area contributed by atoms with Crippen LogP contribution in [-0.4, -0.2) is 73.5 Å². The first-order valence-electron chi connectivity index (χ1n) is 12.5. The Kier molecular flexibility index (Phi) is 9.43. The van der Waals surface area contributed by atoms with Gasteiger partial charge in [0.15, 0.2) is 17.8 Å². The van der Waals surface area contributed by atoms with E-state index in [2.05, 4.69) is 25.7 Å². The monoisotopic (exact) mass is 568 g/mol. The summed E-state index contributed by atoms with van der Waals surface area (Å²) < 4.78 is 49.3. The van der Waals surface area contributed by atoms with Gasteiger partial charge in [0.2, 0.25) is 11.8 Å². The number of carbonyl (C=O) groups is 5. The van der Waals surface area contributed by atoms with Crippen molar-refractivity contribution >= 4 is 40.4 Å². The zero-order chi connectivity index (χ0) is 29.7. The number of hydrogen-bond acceptors (Lipinski definition) is 7. The highest BCUT2D eigenvalue weighted by Crippen LogP contribution is 2.38. The van der Waals surface area contributed by atoms with Crippen molar-refractivity contribution < 1.29 is 46.6 Å². The van der Waals surface area contributed by atoms with E-state index < -0.39 is 60.3 Å². The van der Waals surface area contributed by atoms with Gasteiger partial charge in [-0.1, -0.05) is 6.07 Å². The zero-order valence-electron chi connectivity index (χ0n) is 22.2. The number of ketones is 1. The predicted octanol–water partition coefficient (Wildman–Crippen LogP) is 2.01. The molecular weight excluding hydrogens is 537 g/mol. The third-order valence-electron chi connectivity index (χ3n) is 6.71. The van der Waals surface area contributed by atoms with Crippen molar-refractivity contribution in [3.8, 4) is 5.75 Å². The average Bonchev–Trinajstić information content (AvgIpc) is 3.35. The van der Waals surface area contributed by atoms with Crippen molar-refractivity contribution in [3.63, 3.8) is 0 Å². The minimum atomic E-state index is -4.91. The van der Waals surface area contributed by atoms with E-state index in [9.17, 15) is 37.1 Å². The summed E-state index contributed by atoms with van der Waals surface area (Å²) in [6.07, 6.45) is -4.01. The van der Waals surface area contributed by atoms with Crippen LogP contribution >= 0.6 is 0 Å². The highest BCUT2D eigenvalue weighted by molar-refractivity contribution is 6.01. The van der Waals surface area contributed by atoms with E-state index in [1.165, 1.54) is 7.11 Å². The Labute approximate surface area is 227 Å². The van der Waals surface area contributed by atoms with Crippen LogP contribution in [0.5, 0.6) is 5.75 Å². The lowest BCUT2D eigenvalue weighted by molar-refractivity contribution is -0.224. The number of Topliss-reactive ketones (excluding diaryl/α,β-unsaturated/α-hetero) is 1. The third kappa shape index (κ3) is 7.10. The van der Waals surface area contributed by atoms with E-state index in [1.54, 1.807) is 24.3 Å². The Balaban J connectivity index is 1.65. The summed E-state index contributed by atoms with van der Waals surface area (Å²) in [4.78, 5) is 65.3. The number of fused-ring (bicyclic) bond motifs is 1. The molecule has 0 radical (unpaired) electrons. The number of piperidine rings is 1. The molecule has 40 heavy (non-hydrogen) atoms. The number of nitrogens with one attached hydrogen (secondary N) is 4. The Morgan fingerprint density at radius 1 is 1.18 bits per heavy atom. The normalized spacial score (nSPS) is 16.6. The summed E-state index contributed by atoms with van der Waals surface area (Å²) >= 11 is 0. The molecule has 1 saturated heterocycles. The summed E-state index contributed by atoms with van der Waals surface area (Å²) in [6.45, 7) is 0.110. The maximum Gasteiger partial charge on any atom is 0.404 e. The lowest BCUT2D eigenvalue weighted by Gasteiger charge is -2.27.